The van der Waals surface area contributed by atoms with Gasteiger partial charge in [0.05, 0.1) is 6.61 Å². The summed E-state index contributed by atoms with van der Waals surface area (Å²) in [6, 6.07) is 0. The maximum atomic E-state index is 13.1. The Labute approximate surface area is 420 Å². The summed E-state index contributed by atoms with van der Waals surface area (Å²) in [5, 5.41) is 32.2. The van der Waals surface area contributed by atoms with Crippen LogP contribution in [0.4, 0.5) is 0 Å². The molecule has 0 aromatic carbocycles. The number of ether oxygens (including phenoxy) is 2. The zero-order valence-corrected chi connectivity index (χ0v) is 45.3. The minimum Gasteiger partial charge on any atom is -0.462 e. The highest BCUT2D eigenvalue weighted by atomic mass is 32.2. The van der Waals surface area contributed by atoms with Crippen molar-refractivity contribution in [1.29, 1.82) is 0 Å². The largest absolute Gasteiger partial charge is 0.472 e. The SMILES string of the molecule is CCCCCCCCCCCCCCCC(=O)O[C@H](COC(=O)CCCCCCCCCCCCCCCCSC(=O)CCC)COP(=O)(O)OC1C(O)[C@@H](OP(=O)(O)O)C(OP(=O)(O)O)[C@@H](O)[C@H]1O. The van der Waals surface area contributed by atoms with Crippen molar-refractivity contribution in [3.8, 4) is 0 Å². The molecule has 0 aromatic heterocycles. The molecule has 0 spiro atoms. The van der Waals surface area contributed by atoms with Crippen LogP contribution in [0.1, 0.15) is 213 Å². The maximum Gasteiger partial charge on any atom is 0.472 e. The molecule has 1 aliphatic carbocycles. The molecule has 1 aliphatic rings. The summed E-state index contributed by atoms with van der Waals surface area (Å²) in [5.41, 5.74) is 0. The number of carbonyl (C=O) groups excluding carboxylic acids is 3. The second-order valence-corrected chi connectivity index (χ2v) is 23.3. The van der Waals surface area contributed by atoms with Crippen LogP contribution >= 0.6 is 35.2 Å². The number of rotatable bonds is 45. The maximum absolute atomic E-state index is 13.1. The van der Waals surface area contributed by atoms with E-state index in [4.69, 9.17) is 18.5 Å². The zero-order valence-electron chi connectivity index (χ0n) is 41.8. The van der Waals surface area contributed by atoms with Crippen molar-refractivity contribution < 1.29 is 95.4 Å². The van der Waals surface area contributed by atoms with Crippen molar-refractivity contribution in [3.05, 3.63) is 0 Å². The third kappa shape index (κ3) is 35.4. The number of carbonyl (C=O) groups is 3. The average Bonchev–Trinajstić information content (AvgIpc) is 3.28. The van der Waals surface area contributed by atoms with E-state index in [9.17, 15) is 67.9 Å². The summed E-state index contributed by atoms with van der Waals surface area (Å²) in [6.07, 6.45) is 14.7. The molecule has 0 heterocycles. The molecule has 70 heavy (non-hydrogen) atoms. The van der Waals surface area contributed by atoms with Gasteiger partial charge in [-0.2, -0.15) is 0 Å². The fourth-order valence-electron chi connectivity index (χ4n) is 8.08. The number of hydrogen-bond acceptors (Lipinski definition) is 16. The van der Waals surface area contributed by atoms with Gasteiger partial charge in [0.1, 0.15) is 43.2 Å². The number of aliphatic hydroxyl groups is 3. The monoisotopic (exact) mass is 1090 g/mol. The predicted octanol–water partition coefficient (Wildman–Crippen LogP) is 9.39. The number of aliphatic hydroxyl groups excluding tert-OH is 3. The molecule has 20 nitrogen and oxygen atoms in total. The first-order valence-corrected chi connectivity index (χ1v) is 31.4. The fourth-order valence-corrected chi connectivity index (χ4v) is 11.1. The predicted molar refractivity (Wildman–Crippen MR) is 265 cm³/mol. The van der Waals surface area contributed by atoms with Crippen LogP contribution in [0.15, 0.2) is 0 Å². The molecule has 8 atom stereocenters. The lowest BCUT2D eigenvalue weighted by Gasteiger charge is -2.44. The first-order valence-electron chi connectivity index (χ1n) is 25.9. The number of hydrogen-bond donors (Lipinski definition) is 8. The van der Waals surface area contributed by atoms with E-state index in [0.29, 0.717) is 24.4 Å². The molecule has 1 rings (SSSR count). The van der Waals surface area contributed by atoms with Gasteiger partial charge in [-0.15, -0.1) is 0 Å². The molecular weight excluding hydrogens is 997 g/mol. The van der Waals surface area contributed by atoms with Gasteiger partial charge in [0, 0.05) is 25.0 Å². The summed E-state index contributed by atoms with van der Waals surface area (Å²) in [6.45, 7) is 2.74. The van der Waals surface area contributed by atoms with Gasteiger partial charge in [-0.1, -0.05) is 180 Å². The summed E-state index contributed by atoms with van der Waals surface area (Å²) in [4.78, 5) is 84.9. The van der Waals surface area contributed by atoms with Crippen molar-refractivity contribution in [1.82, 2.24) is 0 Å². The number of phosphoric ester groups is 3. The van der Waals surface area contributed by atoms with Crippen LogP contribution in [0.5, 0.6) is 0 Å². The van der Waals surface area contributed by atoms with Crippen molar-refractivity contribution in [2.45, 2.75) is 256 Å². The van der Waals surface area contributed by atoms with Crippen LogP contribution in [-0.4, -0.2) is 119 Å². The van der Waals surface area contributed by atoms with Gasteiger partial charge in [0.15, 0.2) is 11.2 Å². The molecule has 0 aliphatic heterocycles. The lowest BCUT2D eigenvalue weighted by molar-refractivity contribution is -0.213. The number of phosphoric acid groups is 3. The molecule has 414 valence electrons. The Morgan fingerprint density at radius 3 is 1.27 bits per heavy atom. The summed E-state index contributed by atoms with van der Waals surface area (Å²) in [7, 11) is -16.6. The Balaban J connectivity index is 2.62. The first-order chi connectivity index (χ1) is 33.2. The third-order valence-corrected chi connectivity index (χ3v) is 15.0. The molecule has 24 heteroatoms. The summed E-state index contributed by atoms with van der Waals surface area (Å²) in [5.74, 6) is -0.377. The Kier molecular flexibility index (Phi) is 38.0. The lowest BCUT2D eigenvalue weighted by Crippen LogP contribution is -2.65. The van der Waals surface area contributed by atoms with Crippen LogP contribution in [0.25, 0.3) is 0 Å². The van der Waals surface area contributed by atoms with Gasteiger partial charge < -0.3 is 49.3 Å². The molecule has 0 aromatic rings. The fraction of sp³-hybridized carbons (Fsp3) is 0.935. The molecule has 0 bridgehead atoms. The molecular formula is C46H89O20P3S. The number of esters is 2. The Bertz CT molecular complexity index is 1530. The van der Waals surface area contributed by atoms with Crippen molar-refractivity contribution >= 4 is 52.3 Å². The van der Waals surface area contributed by atoms with Crippen LogP contribution in [0.3, 0.4) is 0 Å². The smallest absolute Gasteiger partial charge is 0.462 e. The van der Waals surface area contributed by atoms with Gasteiger partial charge in [-0.25, -0.2) is 13.7 Å². The Morgan fingerprint density at radius 1 is 0.457 bits per heavy atom. The van der Waals surface area contributed by atoms with Crippen molar-refractivity contribution in [3.63, 3.8) is 0 Å². The van der Waals surface area contributed by atoms with Gasteiger partial charge in [-0.3, -0.25) is 32.5 Å². The average molecular weight is 1090 g/mol. The van der Waals surface area contributed by atoms with Crippen LogP contribution < -0.4 is 0 Å². The van der Waals surface area contributed by atoms with Gasteiger partial charge in [-0.05, 0) is 25.7 Å². The normalized spacial score (nSPS) is 21.1. The standard InChI is InChI=1S/C46H89O20P3S/c1-3-5-6-7-8-9-10-13-17-20-23-26-29-33-39(48)63-37(35-61-38(47)32-28-25-22-19-16-14-11-12-15-18-21-24-27-30-34-70-40(49)31-4-2)36-62-69(59,60)66-44-41(50)42(51)45(64-67(53,54)55)46(43(44)52)65-68(56,57)58/h37,41-46,50-52H,3-36H2,1-2H3,(H,59,60)(H2,53,54,55)(H2,56,57,58)/t37-,41-,42+,43?,44?,45?,46-/m1/s1. The third-order valence-electron chi connectivity index (χ3n) is 11.9. The minimum atomic E-state index is -5.60. The van der Waals surface area contributed by atoms with E-state index >= 15 is 0 Å². The quantitative estimate of drug-likeness (QED) is 0.0160. The summed E-state index contributed by atoms with van der Waals surface area (Å²) < 4.78 is 65.6. The number of unbranched alkanes of at least 4 members (excludes halogenated alkanes) is 25. The van der Waals surface area contributed by atoms with E-state index in [-0.39, 0.29) is 12.8 Å². The van der Waals surface area contributed by atoms with Gasteiger partial charge in [0.2, 0.25) is 0 Å². The van der Waals surface area contributed by atoms with Crippen LogP contribution in [0, 0.1) is 0 Å². The molecule has 0 amide bonds. The van der Waals surface area contributed by atoms with E-state index in [2.05, 4.69) is 16.0 Å². The van der Waals surface area contributed by atoms with Crippen LogP contribution in [0.2, 0.25) is 0 Å². The lowest BCUT2D eigenvalue weighted by atomic mass is 9.85. The highest BCUT2D eigenvalue weighted by Gasteiger charge is 2.56. The molecule has 0 radical (unpaired) electrons. The van der Waals surface area contributed by atoms with Gasteiger partial charge in [0.25, 0.3) is 0 Å². The molecule has 8 N–H and O–H groups in total. The van der Waals surface area contributed by atoms with E-state index in [1.54, 1.807) is 0 Å². The highest BCUT2D eigenvalue weighted by molar-refractivity contribution is 8.13. The summed E-state index contributed by atoms with van der Waals surface area (Å²) >= 11 is 1.47. The minimum absolute atomic E-state index is 0.00302. The van der Waals surface area contributed by atoms with Crippen LogP contribution in [-0.2, 0) is 55.6 Å². The Hall–Kier alpha value is -0.830. The number of thioether (sulfide) groups is 1. The van der Waals surface area contributed by atoms with Crippen molar-refractivity contribution in [2.24, 2.45) is 0 Å². The van der Waals surface area contributed by atoms with E-state index in [1.165, 1.54) is 102 Å². The molecule has 1 fully saturated rings. The second-order valence-electron chi connectivity index (χ2n) is 18.4. The van der Waals surface area contributed by atoms with Crippen molar-refractivity contribution in [2.75, 3.05) is 19.0 Å². The Morgan fingerprint density at radius 2 is 0.843 bits per heavy atom. The molecule has 1 saturated carbocycles. The molecule has 4 unspecified atom stereocenters. The van der Waals surface area contributed by atoms with E-state index < -0.39 is 91.3 Å². The second kappa shape index (κ2) is 39.6. The topological polar surface area (TPSA) is 320 Å². The highest BCUT2D eigenvalue weighted by Crippen LogP contribution is 2.51. The van der Waals surface area contributed by atoms with E-state index in [0.717, 1.165) is 82.8 Å². The first kappa shape index (κ1) is 67.2. The van der Waals surface area contributed by atoms with E-state index in [1.807, 2.05) is 6.92 Å². The van der Waals surface area contributed by atoms with Gasteiger partial charge >= 0.3 is 35.4 Å². The molecule has 0 saturated heterocycles. The zero-order chi connectivity index (χ0) is 52.3.